The molecule has 0 saturated carbocycles. The van der Waals surface area contributed by atoms with Gasteiger partial charge in [0.1, 0.15) is 5.82 Å². The predicted octanol–water partition coefficient (Wildman–Crippen LogP) is 2.48. The average molecular weight is 223 g/mol. The second-order valence-electron chi connectivity index (χ2n) is 4.40. The molecule has 0 radical (unpaired) electrons. The topological polar surface area (TPSA) is 35.9 Å². The lowest BCUT2D eigenvalue weighted by atomic mass is 10.2. The van der Waals surface area contributed by atoms with Crippen molar-refractivity contribution in [2.24, 2.45) is 4.99 Å². The molecule has 0 aromatic carbocycles. The number of rotatable bonds is 3. The molecule has 90 valence electrons. The molecule has 0 atom stereocenters. The summed E-state index contributed by atoms with van der Waals surface area (Å²) in [4.78, 5) is 19.6. The minimum Gasteiger partial charge on any atom is -0.323 e. The van der Waals surface area contributed by atoms with Crippen molar-refractivity contribution in [3.05, 3.63) is 11.4 Å². The third-order valence-electron chi connectivity index (χ3n) is 2.70. The Morgan fingerprint density at radius 1 is 1.44 bits per heavy atom. The van der Waals surface area contributed by atoms with E-state index in [1.807, 2.05) is 20.9 Å². The number of carbonyl (C=O) groups excluding carboxylic acids is 1. The van der Waals surface area contributed by atoms with E-state index in [1.165, 1.54) is 0 Å². The highest BCUT2D eigenvalue weighted by atomic mass is 16.2. The largest absolute Gasteiger partial charge is 0.325 e. The van der Waals surface area contributed by atoms with Crippen molar-refractivity contribution in [2.75, 3.05) is 20.6 Å². The van der Waals surface area contributed by atoms with E-state index in [9.17, 15) is 4.79 Å². The van der Waals surface area contributed by atoms with E-state index in [0.717, 1.165) is 29.9 Å². The highest BCUT2D eigenvalue weighted by Gasteiger charge is 2.25. The molecule has 0 bridgehead atoms. The van der Waals surface area contributed by atoms with Crippen LogP contribution in [-0.2, 0) is 0 Å². The summed E-state index contributed by atoms with van der Waals surface area (Å²) in [5, 5.41) is 0. The molecular formula is C12H21N3O. The third kappa shape index (κ3) is 2.62. The first-order chi connectivity index (χ1) is 7.47. The van der Waals surface area contributed by atoms with Crippen molar-refractivity contribution in [2.45, 2.75) is 33.6 Å². The molecule has 1 aliphatic rings. The summed E-state index contributed by atoms with van der Waals surface area (Å²) < 4.78 is 0. The fraction of sp³-hybridized carbons (Fsp3) is 0.667. The molecule has 16 heavy (non-hydrogen) atoms. The van der Waals surface area contributed by atoms with Crippen LogP contribution in [0.5, 0.6) is 0 Å². The maximum Gasteiger partial charge on any atom is 0.325 e. The van der Waals surface area contributed by atoms with Crippen LogP contribution in [0, 0.1) is 0 Å². The van der Waals surface area contributed by atoms with E-state index in [4.69, 9.17) is 0 Å². The van der Waals surface area contributed by atoms with Gasteiger partial charge in [0.05, 0.1) is 0 Å². The van der Waals surface area contributed by atoms with Gasteiger partial charge in [-0.15, -0.1) is 0 Å². The van der Waals surface area contributed by atoms with Crippen molar-refractivity contribution in [3.8, 4) is 0 Å². The van der Waals surface area contributed by atoms with E-state index in [1.54, 1.807) is 16.8 Å². The molecule has 0 N–H and O–H groups in total. The number of likely N-dealkylation sites (N-methyl/N-ethyl adjacent to an activating group) is 1. The van der Waals surface area contributed by atoms with Crippen molar-refractivity contribution >= 4 is 11.7 Å². The smallest absolute Gasteiger partial charge is 0.323 e. The highest BCUT2D eigenvalue weighted by Crippen LogP contribution is 2.19. The Kier molecular flexibility index (Phi) is 4.10. The predicted molar refractivity (Wildman–Crippen MR) is 66.5 cm³/mol. The Labute approximate surface area is 97.6 Å². The Balaban J connectivity index is 2.97. The summed E-state index contributed by atoms with van der Waals surface area (Å²) in [7, 11) is 3.58. The second-order valence-corrected chi connectivity index (χ2v) is 4.40. The first kappa shape index (κ1) is 12.7. The molecule has 1 rings (SSSR count). The summed E-state index contributed by atoms with van der Waals surface area (Å²) in [5.74, 6) is 0.814. The van der Waals surface area contributed by atoms with Crippen LogP contribution >= 0.6 is 0 Å². The van der Waals surface area contributed by atoms with E-state index >= 15 is 0 Å². The normalized spacial score (nSPS) is 18.6. The van der Waals surface area contributed by atoms with E-state index in [-0.39, 0.29) is 6.03 Å². The van der Waals surface area contributed by atoms with Gasteiger partial charge in [0.25, 0.3) is 0 Å². The van der Waals surface area contributed by atoms with Gasteiger partial charge in [0.2, 0.25) is 0 Å². The van der Waals surface area contributed by atoms with Gasteiger partial charge in [-0.2, -0.15) is 0 Å². The third-order valence-corrected chi connectivity index (χ3v) is 2.70. The van der Waals surface area contributed by atoms with Crippen LogP contribution in [0.2, 0.25) is 0 Å². The molecule has 4 heteroatoms. The summed E-state index contributed by atoms with van der Waals surface area (Å²) in [6.07, 6.45) is 2.06. The van der Waals surface area contributed by atoms with Gasteiger partial charge in [0.15, 0.2) is 0 Å². The lowest BCUT2D eigenvalue weighted by molar-refractivity contribution is 0.179. The van der Waals surface area contributed by atoms with Crippen molar-refractivity contribution in [1.82, 2.24) is 9.80 Å². The standard InChI is InChI=1S/C12H21N3O/c1-6-7-10(3)13-11-9(2)8-14(4)12(16)15(11)5/h6-8H2,1-5H3/b13-10+. The number of hydrogen-bond acceptors (Lipinski definition) is 2. The quantitative estimate of drug-likeness (QED) is 0.677. The molecule has 0 spiro atoms. The van der Waals surface area contributed by atoms with Crippen molar-refractivity contribution < 1.29 is 4.79 Å². The lowest BCUT2D eigenvalue weighted by Crippen LogP contribution is -2.43. The zero-order valence-electron chi connectivity index (χ0n) is 10.9. The monoisotopic (exact) mass is 223 g/mol. The molecule has 0 saturated heterocycles. The molecule has 0 aromatic rings. The Morgan fingerprint density at radius 3 is 2.62 bits per heavy atom. The molecule has 0 fully saturated rings. The summed E-state index contributed by atoms with van der Waals surface area (Å²) in [6, 6.07) is 0.00801. The average Bonchev–Trinajstić information content (AvgIpc) is 2.22. The van der Waals surface area contributed by atoms with Gasteiger partial charge in [-0.05, 0) is 25.8 Å². The zero-order chi connectivity index (χ0) is 12.3. The van der Waals surface area contributed by atoms with Gasteiger partial charge in [-0.3, -0.25) is 4.90 Å². The molecule has 4 nitrogen and oxygen atoms in total. The molecule has 0 unspecified atom stereocenters. The van der Waals surface area contributed by atoms with E-state index in [0.29, 0.717) is 6.54 Å². The fourth-order valence-electron chi connectivity index (χ4n) is 1.90. The summed E-state index contributed by atoms with van der Waals surface area (Å²) >= 11 is 0. The zero-order valence-corrected chi connectivity index (χ0v) is 10.9. The highest BCUT2D eigenvalue weighted by molar-refractivity contribution is 5.84. The van der Waals surface area contributed by atoms with Crippen LogP contribution in [0.1, 0.15) is 33.6 Å². The fourth-order valence-corrected chi connectivity index (χ4v) is 1.90. The van der Waals surface area contributed by atoms with Gasteiger partial charge >= 0.3 is 6.03 Å². The number of carbonyl (C=O) groups is 1. The van der Waals surface area contributed by atoms with Gasteiger partial charge in [0, 0.05) is 26.4 Å². The Bertz CT molecular complexity index is 344. The van der Waals surface area contributed by atoms with Gasteiger partial charge < -0.3 is 4.90 Å². The Morgan fingerprint density at radius 2 is 2.06 bits per heavy atom. The van der Waals surface area contributed by atoms with Crippen LogP contribution in [-0.4, -0.2) is 42.2 Å². The van der Waals surface area contributed by atoms with Crippen molar-refractivity contribution in [1.29, 1.82) is 0 Å². The summed E-state index contributed by atoms with van der Waals surface area (Å²) in [5.41, 5.74) is 2.22. The van der Waals surface area contributed by atoms with Gasteiger partial charge in [-0.25, -0.2) is 9.79 Å². The number of hydrogen-bond donors (Lipinski definition) is 0. The molecule has 1 heterocycles. The Hall–Kier alpha value is -1.32. The molecule has 0 aliphatic carbocycles. The SMILES string of the molecule is CCC/C(C)=N/C1=C(C)CN(C)C(=O)N1C. The maximum absolute atomic E-state index is 11.8. The van der Waals surface area contributed by atoms with Crippen LogP contribution in [0.15, 0.2) is 16.4 Å². The van der Waals surface area contributed by atoms with Crippen LogP contribution in [0.3, 0.4) is 0 Å². The van der Waals surface area contributed by atoms with Crippen molar-refractivity contribution in [3.63, 3.8) is 0 Å². The van der Waals surface area contributed by atoms with Crippen LogP contribution < -0.4 is 0 Å². The molecule has 0 aromatic heterocycles. The lowest BCUT2D eigenvalue weighted by Gasteiger charge is -2.32. The van der Waals surface area contributed by atoms with Gasteiger partial charge in [-0.1, -0.05) is 13.3 Å². The van der Waals surface area contributed by atoms with Crippen LogP contribution in [0.4, 0.5) is 4.79 Å². The van der Waals surface area contributed by atoms with E-state index < -0.39 is 0 Å². The molecule has 2 amide bonds. The van der Waals surface area contributed by atoms with Crippen LogP contribution in [0.25, 0.3) is 0 Å². The first-order valence-corrected chi connectivity index (χ1v) is 5.70. The second kappa shape index (κ2) is 5.14. The minimum absolute atomic E-state index is 0.00801. The maximum atomic E-state index is 11.8. The molecule has 1 aliphatic heterocycles. The first-order valence-electron chi connectivity index (χ1n) is 5.70. The number of amides is 2. The van der Waals surface area contributed by atoms with E-state index in [2.05, 4.69) is 11.9 Å². The number of nitrogens with zero attached hydrogens (tertiary/aromatic N) is 3. The summed E-state index contributed by atoms with van der Waals surface area (Å²) in [6.45, 7) is 6.84. The number of aliphatic imine (C=N–C) groups is 1. The molecular weight excluding hydrogens is 202 g/mol. The number of urea groups is 1. The minimum atomic E-state index is 0.00801.